The number of nitrogens with zero attached hydrogens (tertiary/aromatic N) is 2. The van der Waals surface area contributed by atoms with Crippen molar-refractivity contribution in [2.24, 2.45) is 0 Å². The molecule has 206 valence electrons. The Labute approximate surface area is 231 Å². The van der Waals surface area contributed by atoms with Crippen LogP contribution in [0.1, 0.15) is 39.9 Å². The van der Waals surface area contributed by atoms with Gasteiger partial charge in [0.15, 0.2) is 0 Å². The van der Waals surface area contributed by atoms with E-state index in [1.54, 1.807) is 30.3 Å². The van der Waals surface area contributed by atoms with Gasteiger partial charge < -0.3 is 19.7 Å². The van der Waals surface area contributed by atoms with Gasteiger partial charge in [0.25, 0.3) is 5.91 Å². The summed E-state index contributed by atoms with van der Waals surface area (Å²) in [6.07, 6.45) is 0.700. The molecular weight excluding hydrogens is 524 g/mol. The number of benzene rings is 2. The molecule has 0 aromatic heterocycles. The number of morpholine rings is 1. The van der Waals surface area contributed by atoms with E-state index < -0.39 is 11.9 Å². The van der Waals surface area contributed by atoms with E-state index in [0.29, 0.717) is 42.5 Å². The Kier molecular flexibility index (Phi) is 8.44. The van der Waals surface area contributed by atoms with Crippen LogP contribution in [0.15, 0.2) is 36.4 Å². The Bertz CT molecular complexity index is 1280. The van der Waals surface area contributed by atoms with Crippen molar-refractivity contribution in [1.29, 1.82) is 0 Å². The Balaban J connectivity index is 1.12. The average molecular weight is 555 g/mol. The van der Waals surface area contributed by atoms with E-state index in [9.17, 15) is 19.2 Å². The molecule has 2 N–H and O–H groups in total. The van der Waals surface area contributed by atoms with Gasteiger partial charge in [-0.3, -0.25) is 29.4 Å². The third-order valence-corrected chi connectivity index (χ3v) is 7.52. The quantitative estimate of drug-likeness (QED) is 0.453. The number of fused-ring (bicyclic) bond motifs is 1. The Morgan fingerprint density at radius 1 is 1.10 bits per heavy atom. The minimum Gasteiger partial charge on any atom is -0.491 e. The zero-order valence-corrected chi connectivity index (χ0v) is 22.3. The van der Waals surface area contributed by atoms with E-state index in [0.717, 1.165) is 49.5 Å². The number of piperidine rings is 1. The number of halogens is 1. The Hall–Kier alpha value is -3.47. The zero-order valence-electron chi connectivity index (χ0n) is 21.5. The van der Waals surface area contributed by atoms with Crippen LogP contribution in [0.5, 0.6) is 5.75 Å². The van der Waals surface area contributed by atoms with Gasteiger partial charge >= 0.3 is 0 Å². The molecule has 1 unspecified atom stereocenters. The molecule has 3 heterocycles. The van der Waals surface area contributed by atoms with Gasteiger partial charge in [0.05, 0.1) is 24.7 Å². The normalized spacial score (nSPS) is 19.6. The van der Waals surface area contributed by atoms with Gasteiger partial charge in [-0.2, -0.15) is 0 Å². The number of nitrogens with one attached hydrogen (secondary N) is 2. The number of amides is 4. The van der Waals surface area contributed by atoms with Crippen LogP contribution < -0.4 is 15.4 Å². The molecule has 0 saturated carbocycles. The van der Waals surface area contributed by atoms with Crippen LogP contribution >= 0.6 is 11.6 Å². The number of carbonyl (C=O) groups is 4. The first-order chi connectivity index (χ1) is 18.9. The van der Waals surface area contributed by atoms with E-state index in [1.165, 1.54) is 4.90 Å². The molecule has 2 aromatic carbocycles. The number of hydrogen-bond donors (Lipinski definition) is 2. The predicted molar refractivity (Wildman–Crippen MR) is 142 cm³/mol. The summed E-state index contributed by atoms with van der Waals surface area (Å²) in [7, 11) is 0. The molecule has 1 atom stereocenters. The van der Waals surface area contributed by atoms with Crippen LogP contribution in [0.2, 0.25) is 5.02 Å². The Morgan fingerprint density at radius 3 is 2.69 bits per heavy atom. The molecule has 3 aliphatic rings. The lowest BCUT2D eigenvalue weighted by atomic mass is 10.0. The monoisotopic (exact) mass is 554 g/mol. The molecule has 2 aromatic rings. The molecule has 3 aliphatic heterocycles. The summed E-state index contributed by atoms with van der Waals surface area (Å²) < 4.78 is 11.2. The largest absolute Gasteiger partial charge is 0.491 e. The fourth-order valence-electron chi connectivity index (χ4n) is 5.06. The number of rotatable bonds is 9. The fourth-order valence-corrected chi connectivity index (χ4v) is 5.24. The van der Waals surface area contributed by atoms with Crippen molar-refractivity contribution in [3.05, 3.63) is 63.7 Å². The van der Waals surface area contributed by atoms with Crippen LogP contribution in [0.4, 0.5) is 0 Å². The summed E-state index contributed by atoms with van der Waals surface area (Å²) >= 11 is 6.30. The second kappa shape index (κ2) is 12.1. The average Bonchev–Trinajstić information content (AvgIpc) is 3.25. The molecule has 11 heteroatoms. The van der Waals surface area contributed by atoms with E-state index in [4.69, 9.17) is 21.1 Å². The van der Waals surface area contributed by atoms with Crippen molar-refractivity contribution >= 4 is 35.2 Å². The van der Waals surface area contributed by atoms with Crippen molar-refractivity contribution in [3.8, 4) is 5.75 Å². The topological polar surface area (TPSA) is 117 Å². The maximum Gasteiger partial charge on any atom is 0.255 e. The predicted octanol–water partition coefficient (Wildman–Crippen LogP) is 1.67. The highest BCUT2D eigenvalue weighted by atomic mass is 35.5. The summed E-state index contributed by atoms with van der Waals surface area (Å²) in [5, 5.41) is 5.73. The maximum atomic E-state index is 12.9. The minimum absolute atomic E-state index is 0.154. The maximum absolute atomic E-state index is 12.9. The number of carbonyl (C=O) groups excluding carboxylic acids is 4. The SMILES string of the molecule is O=C(Cc1ccc(Cl)c(OCCN2CCOCC2)c1)NCc1ccc2c(c1)CN(C1CCC(=O)NC1=O)C2=O. The smallest absolute Gasteiger partial charge is 0.255 e. The van der Waals surface area contributed by atoms with Gasteiger partial charge in [0.2, 0.25) is 17.7 Å². The number of imide groups is 1. The van der Waals surface area contributed by atoms with Crippen LogP contribution in [-0.2, 0) is 38.6 Å². The second-order valence-corrected chi connectivity index (χ2v) is 10.3. The first-order valence-corrected chi connectivity index (χ1v) is 13.5. The molecule has 0 spiro atoms. The van der Waals surface area contributed by atoms with Crippen molar-refractivity contribution in [2.45, 2.75) is 38.4 Å². The van der Waals surface area contributed by atoms with Gasteiger partial charge in [-0.1, -0.05) is 29.8 Å². The van der Waals surface area contributed by atoms with E-state index in [2.05, 4.69) is 15.5 Å². The lowest BCUT2D eigenvalue weighted by Gasteiger charge is -2.29. The van der Waals surface area contributed by atoms with Gasteiger partial charge in [0, 0.05) is 44.7 Å². The van der Waals surface area contributed by atoms with Crippen LogP contribution in [0, 0.1) is 0 Å². The molecule has 0 bridgehead atoms. The highest BCUT2D eigenvalue weighted by molar-refractivity contribution is 6.32. The van der Waals surface area contributed by atoms with Crippen LogP contribution in [0.25, 0.3) is 0 Å². The van der Waals surface area contributed by atoms with E-state index in [-0.39, 0.29) is 30.6 Å². The highest BCUT2D eigenvalue weighted by Gasteiger charge is 2.39. The Morgan fingerprint density at radius 2 is 1.90 bits per heavy atom. The summed E-state index contributed by atoms with van der Waals surface area (Å²) in [6.45, 7) is 5.10. The lowest BCUT2D eigenvalue weighted by molar-refractivity contribution is -0.137. The van der Waals surface area contributed by atoms with E-state index in [1.807, 2.05) is 6.07 Å². The molecule has 0 radical (unpaired) electrons. The number of ether oxygens (including phenoxy) is 2. The molecule has 0 aliphatic carbocycles. The van der Waals surface area contributed by atoms with Gasteiger partial charge in [0.1, 0.15) is 18.4 Å². The standard InChI is InChI=1S/C28H31ClN4O6/c29-22-4-2-18(14-24(22)39-12-9-32-7-10-38-11-8-32)15-26(35)30-16-19-1-3-21-20(13-19)17-33(28(21)37)23-5-6-25(34)31-27(23)36/h1-4,13-14,23H,5-12,15-17H2,(H,30,35)(H,31,34,36). The lowest BCUT2D eigenvalue weighted by Crippen LogP contribution is -2.52. The third-order valence-electron chi connectivity index (χ3n) is 7.21. The minimum atomic E-state index is -0.654. The number of hydrogen-bond acceptors (Lipinski definition) is 7. The first-order valence-electron chi connectivity index (χ1n) is 13.1. The molecule has 2 saturated heterocycles. The fraction of sp³-hybridized carbons (Fsp3) is 0.429. The molecule has 39 heavy (non-hydrogen) atoms. The zero-order chi connectivity index (χ0) is 27.4. The molecular formula is C28H31ClN4O6. The van der Waals surface area contributed by atoms with Crippen molar-refractivity contribution in [2.75, 3.05) is 39.5 Å². The highest BCUT2D eigenvalue weighted by Crippen LogP contribution is 2.28. The molecule has 10 nitrogen and oxygen atoms in total. The van der Waals surface area contributed by atoms with Crippen LogP contribution in [0.3, 0.4) is 0 Å². The first kappa shape index (κ1) is 27.1. The van der Waals surface area contributed by atoms with Crippen molar-refractivity contribution in [1.82, 2.24) is 20.4 Å². The molecule has 4 amide bonds. The summed E-state index contributed by atoms with van der Waals surface area (Å²) in [5.41, 5.74) is 2.98. The third kappa shape index (κ3) is 6.58. The summed E-state index contributed by atoms with van der Waals surface area (Å²) in [5.74, 6) is -0.574. The molecule has 2 fully saturated rings. The van der Waals surface area contributed by atoms with Crippen molar-refractivity contribution < 1.29 is 28.7 Å². The van der Waals surface area contributed by atoms with Gasteiger partial charge in [-0.25, -0.2) is 0 Å². The van der Waals surface area contributed by atoms with Gasteiger partial charge in [-0.05, 0) is 41.3 Å². The second-order valence-electron chi connectivity index (χ2n) is 9.91. The molecule has 5 rings (SSSR count). The van der Waals surface area contributed by atoms with Gasteiger partial charge in [-0.15, -0.1) is 0 Å². The van der Waals surface area contributed by atoms with Crippen LogP contribution in [-0.4, -0.2) is 78.9 Å². The van der Waals surface area contributed by atoms with E-state index >= 15 is 0 Å². The summed E-state index contributed by atoms with van der Waals surface area (Å²) in [6, 6.07) is 10.1. The summed E-state index contributed by atoms with van der Waals surface area (Å²) in [4.78, 5) is 53.0. The van der Waals surface area contributed by atoms with Crippen molar-refractivity contribution in [3.63, 3.8) is 0 Å².